The number of benzene rings is 1. The van der Waals surface area contributed by atoms with Gasteiger partial charge >= 0.3 is 0 Å². The normalized spacial score (nSPS) is 10.9. The van der Waals surface area contributed by atoms with Crippen LogP contribution in [0.4, 0.5) is 0 Å². The topological polar surface area (TPSA) is 67.5 Å². The van der Waals surface area contributed by atoms with Gasteiger partial charge in [0.15, 0.2) is 0 Å². The van der Waals surface area contributed by atoms with Crippen molar-refractivity contribution in [3.63, 3.8) is 0 Å². The monoisotopic (exact) mass is 359 g/mol. The predicted molar refractivity (Wildman–Crippen MR) is 93.5 cm³/mol. The fourth-order valence-electron chi connectivity index (χ4n) is 1.96. The van der Waals surface area contributed by atoms with Crippen LogP contribution in [0.25, 0.3) is 11.3 Å². The highest BCUT2D eigenvalue weighted by Crippen LogP contribution is 2.31. The number of hydrazone groups is 1. The molecule has 3 rings (SSSR count). The van der Waals surface area contributed by atoms with Crippen molar-refractivity contribution in [2.45, 2.75) is 0 Å². The Labute approximate surface area is 147 Å². The second-order valence-electron chi connectivity index (χ2n) is 4.74. The van der Waals surface area contributed by atoms with Gasteiger partial charge in [0.05, 0.1) is 11.2 Å². The smallest absolute Gasteiger partial charge is 0.289 e. The molecule has 0 aliphatic heterocycles. The summed E-state index contributed by atoms with van der Waals surface area (Å²) >= 11 is 12.1. The van der Waals surface area contributed by atoms with Gasteiger partial charge in [-0.3, -0.25) is 9.78 Å². The molecule has 2 aromatic heterocycles. The molecule has 1 N–H and O–H groups in total. The minimum absolute atomic E-state index is 0.278. The standard InChI is InChI=1S/C17H11Cl2N3O2/c18-11-4-6-14(19)13(9-11)16-7-5-12(24-16)10-21-22-17(23)15-3-1-2-8-20-15/h1-10H,(H,22,23)/b21-10-. The van der Waals surface area contributed by atoms with Crippen molar-refractivity contribution in [2.75, 3.05) is 0 Å². The number of carbonyl (C=O) groups is 1. The van der Waals surface area contributed by atoms with Crippen LogP contribution in [0.1, 0.15) is 16.2 Å². The Kier molecular flexibility index (Phi) is 4.93. The van der Waals surface area contributed by atoms with Crippen LogP contribution in [0.2, 0.25) is 10.0 Å². The van der Waals surface area contributed by atoms with Crippen LogP contribution in [0.5, 0.6) is 0 Å². The van der Waals surface area contributed by atoms with Crippen LogP contribution in [0.15, 0.2) is 64.2 Å². The maximum absolute atomic E-state index is 11.8. The number of nitrogens with zero attached hydrogens (tertiary/aromatic N) is 2. The summed E-state index contributed by atoms with van der Waals surface area (Å²) in [5, 5.41) is 4.93. The van der Waals surface area contributed by atoms with Crippen LogP contribution in [0.3, 0.4) is 0 Å². The summed E-state index contributed by atoms with van der Waals surface area (Å²) in [6.07, 6.45) is 2.93. The third-order valence-corrected chi connectivity index (χ3v) is 3.64. The first-order valence-electron chi connectivity index (χ1n) is 6.93. The van der Waals surface area contributed by atoms with Crippen LogP contribution >= 0.6 is 23.2 Å². The molecular formula is C17H11Cl2N3O2. The first-order chi connectivity index (χ1) is 11.6. The number of aromatic nitrogens is 1. The highest BCUT2D eigenvalue weighted by molar-refractivity contribution is 6.35. The Morgan fingerprint density at radius 1 is 1.17 bits per heavy atom. The predicted octanol–water partition coefficient (Wildman–Crippen LogP) is 4.41. The van der Waals surface area contributed by atoms with Gasteiger partial charge < -0.3 is 4.42 Å². The zero-order valence-electron chi connectivity index (χ0n) is 12.2. The SMILES string of the molecule is O=C(N/N=C\c1ccc(-c2cc(Cl)ccc2Cl)o1)c1ccccn1. The van der Waals surface area contributed by atoms with Crippen LogP contribution in [-0.4, -0.2) is 17.1 Å². The lowest BCUT2D eigenvalue weighted by molar-refractivity contribution is 0.0950. The number of furan rings is 1. The summed E-state index contributed by atoms with van der Waals surface area (Å²) in [5.41, 5.74) is 3.34. The zero-order chi connectivity index (χ0) is 16.9. The number of rotatable bonds is 4. The van der Waals surface area contributed by atoms with Crippen molar-refractivity contribution in [3.05, 3.63) is 76.2 Å². The third-order valence-electron chi connectivity index (χ3n) is 3.08. The molecule has 0 saturated heterocycles. The molecule has 0 fully saturated rings. The van der Waals surface area contributed by atoms with Gasteiger partial charge in [-0.25, -0.2) is 5.43 Å². The van der Waals surface area contributed by atoms with Crippen LogP contribution in [-0.2, 0) is 0 Å². The van der Waals surface area contributed by atoms with E-state index in [1.165, 1.54) is 12.4 Å². The van der Waals surface area contributed by atoms with Crippen molar-refractivity contribution in [2.24, 2.45) is 5.10 Å². The minimum atomic E-state index is -0.406. The lowest BCUT2D eigenvalue weighted by atomic mass is 10.2. The highest BCUT2D eigenvalue weighted by Gasteiger charge is 2.09. The van der Waals surface area contributed by atoms with E-state index in [9.17, 15) is 4.79 Å². The van der Waals surface area contributed by atoms with E-state index in [2.05, 4.69) is 15.5 Å². The average molecular weight is 360 g/mol. The molecule has 1 aromatic carbocycles. The average Bonchev–Trinajstić information content (AvgIpc) is 3.06. The number of hydrogen-bond acceptors (Lipinski definition) is 4. The third kappa shape index (κ3) is 3.82. The molecule has 5 nitrogen and oxygen atoms in total. The summed E-state index contributed by atoms with van der Waals surface area (Å²) in [7, 11) is 0. The fraction of sp³-hybridized carbons (Fsp3) is 0. The summed E-state index contributed by atoms with van der Waals surface area (Å²) < 4.78 is 5.63. The Morgan fingerprint density at radius 2 is 2.04 bits per heavy atom. The molecule has 0 aliphatic rings. The molecule has 0 aliphatic carbocycles. The van der Waals surface area contributed by atoms with Crippen molar-refractivity contribution < 1.29 is 9.21 Å². The largest absolute Gasteiger partial charge is 0.455 e. The number of amides is 1. The lowest BCUT2D eigenvalue weighted by Crippen LogP contribution is -2.18. The first kappa shape index (κ1) is 16.2. The number of pyridine rings is 1. The molecule has 120 valence electrons. The van der Waals surface area contributed by atoms with Crippen LogP contribution < -0.4 is 5.43 Å². The maximum atomic E-state index is 11.8. The Morgan fingerprint density at radius 3 is 2.83 bits per heavy atom. The van der Waals surface area contributed by atoms with Crippen molar-refractivity contribution >= 4 is 35.3 Å². The molecule has 0 spiro atoms. The molecule has 0 saturated carbocycles. The van der Waals surface area contributed by atoms with Gasteiger partial charge in [0.1, 0.15) is 17.2 Å². The molecule has 0 atom stereocenters. The van der Waals surface area contributed by atoms with Crippen molar-refractivity contribution in [3.8, 4) is 11.3 Å². The molecular weight excluding hydrogens is 349 g/mol. The summed E-state index contributed by atoms with van der Waals surface area (Å²) in [6.45, 7) is 0. The van der Waals surface area contributed by atoms with Gasteiger partial charge in [-0.2, -0.15) is 5.10 Å². The second-order valence-corrected chi connectivity index (χ2v) is 5.58. The molecule has 7 heteroatoms. The van der Waals surface area contributed by atoms with Gasteiger partial charge in [0.25, 0.3) is 5.91 Å². The minimum Gasteiger partial charge on any atom is -0.455 e. The highest BCUT2D eigenvalue weighted by atomic mass is 35.5. The van der Waals surface area contributed by atoms with E-state index in [-0.39, 0.29) is 5.69 Å². The second kappa shape index (κ2) is 7.29. The first-order valence-corrected chi connectivity index (χ1v) is 7.69. The van der Waals surface area contributed by atoms with Crippen molar-refractivity contribution in [1.29, 1.82) is 0 Å². The molecule has 2 heterocycles. The maximum Gasteiger partial charge on any atom is 0.289 e. The van der Waals surface area contributed by atoms with E-state index in [1.807, 2.05) is 0 Å². The number of carbonyl (C=O) groups excluding carboxylic acids is 1. The zero-order valence-corrected chi connectivity index (χ0v) is 13.8. The van der Waals surface area contributed by atoms with E-state index in [1.54, 1.807) is 48.5 Å². The summed E-state index contributed by atoms with van der Waals surface area (Å²) in [4.78, 5) is 15.7. The Bertz CT molecular complexity index is 892. The van der Waals surface area contributed by atoms with Gasteiger partial charge in [-0.1, -0.05) is 29.3 Å². The van der Waals surface area contributed by atoms with E-state index in [4.69, 9.17) is 27.6 Å². The van der Waals surface area contributed by atoms with Crippen molar-refractivity contribution in [1.82, 2.24) is 10.4 Å². The van der Waals surface area contributed by atoms with Gasteiger partial charge in [-0.05, 0) is 42.5 Å². The number of nitrogens with one attached hydrogen (secondary N) is 1. The molecule has 24 heavy (non-hydrogen) atoms. The van der Waals surface area contributed by atoms with Crippen LogP contribution in [0, 0.1) is 0 Å². The fourth-order valence-corrected chi connectivity index (χ4v) is 2.34. The number of hydrogen-bond donors (Lipinski definition) is 1. The molecule has 0 radical (unpaired) electrons. The molecule has 0 unspecified atom stereocenters. The molecule has 3 aromatic rings. The summed E-state index contributed by atoms with van der Waals surface area (Å²) in [5.74, 6) is 0.610. The quantitative estimate of drug-likeness (QED) is 0.554. The van der Waals surface area contributed by atoms with E-state index >= 15 is 0 Å². The van der Waals surface area contributed by atoms with Gasteiger partial charge in [-0.15, -0.1) is 0 Å². The van der Waals surface area contributed by atoms with Gasteiger partial charge in [0, 0.05) is 16.8 Å². The Hall–Kier alpha value is -2.63. The molecule has 0 bridgehead atoms. The number of halogens is 2. The lowest BCUT2D eigenvalue weighted by Gasteiger charge is -2.01. The molecule has 1 amide bonds. The summed E-state index contributed by atoms with van der Waals surface area (Å²) in [6, 6.07) is 13.6. The van der Waals surface area contributed by atoms with Gasteiger partial charge in [0.2, 0.25) is 0 Å². The van der Waals surface area contributed by atoms with E-state index < -0.39 is 5.91 Å². The van der Waals surface area contributed by atoms with E-state index in [0.29, 0.717) is 27.1 Å². The Balaban J connectivity index is 1.70. The van der Waals surface area contributed by atoms with E-state index in [0.717, 1.165) is 0 Å².